The van der Waals surface area contributed by atoms with E-state index in [2.05, 4.69) is 57.2 Å². The molecule has 0 saturated heterocycles. The third kappa shape index (κ3) is 3.60. The van der Waals surface area contributed by atoms with Gasteiger partial charge < -0.3 is 4.79 Å². The van der Waals surface area contributed by atoms with Gasteiger partial charge in [0.1, 0.15) is 6.29 Å². The lowest BCUT2D eigenvalue weighted by Gasteiger charge is -2.24. The monoisotopic (exact) mass is 280 g/mol. The number of hydrogen-bond acceptors (Lipinski definition) is 1. The predicted molar refractivity (Wildman–Crippen MR) is 88.8 cm³/mol. The minimum Gasteiger partial charge on any atom is -0.302 e. The van der Waals surface area contributed by atoms with Crippen LogP contribution in [0.3, 0.4) is 0 Å². The summed E-state index contributed by atoms with van der Waals surface area (Å²) in [6.45, 7) is 8.46. The Hall–Kier alpha value is -1.89. The van der Waals surface area contributed by atoms with Crippen molar-refractivity contribution in [1.29, 1.82) is 0 Å². The molecule has 0 aliphatic rings. The van der Waals surface area contributed by atoms with E-state index >= 15 is 0 Å². The molecule has 0 bridgehead atoms. The van der Waals surface area contributed by atoms with Gasteiger partial charge in [0.25, 0.3) is 0 Å². The van der Waals surface area contributed by atoms with Gasteiger partial charge in [-0.15, -0.1) is 0 Å². The van der Waals surface area contributed by atoms with Gasteiger partial charge >= 0.3 is 0 Å². The van der Waals surface area contributed by atoms with Crippen LogP contribution in [0, 0.1) is 6.92 Å². The molecule has 21 heavy (non-hydrogen) atoms. The lowest BCUT2D eigenvalue weighted by Crippen LogP contribution is -2.26. The Morgan fingerprint density at radius 3 is 2.29 bits per heavy atom. The Labute approximate surface area is 128 Å². The van der Waals surface area contributed by atoms with Crippen LogP contribution >= 0.6 is 0 Å². The fourth-order valence-electron chi connectivity index (χ4n) is 2.66. The van der Waals surface area contributed by atoms with E-state index in [1.54, 1.807) is 0 Å². The number of hydrogen-bond donors (Lipinski definition) is 0. The normalized spacial score (nSPS) is 14.0. The predicted octanol–water partition coefficient (Wildman–Crippen LogP) is 4.82. The molecule has 0 aromatic heterocycles. The van der Waals surface area contributed by atoms with E-state index in [1.165, 1.54) is 16.7 Å². The molecule has 0 aliphatic carbocycles. The van der Waals surface area contributed by atoms with Crippen LogP contribution in [0.4, 0.5) is 0 Å². The lowest BCUT2D eigenvalue weighted by atomic mass is 9.78. The molecule has 0 radical (unpaired) electrons. The van der Waals surface area contributed by atoms with Gasteiger partial charge in [-0.3, -0.25) is 0 Å². The number of benzene rings is 2. The molecule has 1 unspecified atom stereocenters. The van der Waals surface area contributed by atoms with Crippen LogP contribution in [0.1, 0.15) is 48.9 Å². The Kier molecular flexibility index (Phi) is 4.62. The standard InChI is InChI=1S/C20H24O/c1-15(2)18-10-8-17(9-11-18)13-20(4,14-21)19-7-5-6-16(3)12-19/h5-12,14-15H,13H2,1-4H3. The van der Waals surface area contributed by atoms with E-state index < -0.39 is 5.41 Å². The van der Waals surface area contributed by atoms with Crippen molar-refractivity contribution >= 4 is 6.29 Å². The summed E-state index contributed by atoms with van der Waals surface area (Å²) in [5, 5.41) is 0. The van der Waals surface area contributed by atoms with Crippen LogP contribution in [0.5, 0.6) is 0 Å². The fraction of sp³-hybridized carbons (Fsp3) is 0.350. The van der Waals surface area contributed by atoms with Crippen molar-refractivity contribution in [3.05, 3.63) is 70.8 Å². The summed E-state index contributed by atoms with van der Waals surface area (Å²) in [5.41, 5.74) is 4.35. The van der Waals surface area contributed by atoms with Crippen molar-refractivity contribution in [2.45, 2.75) is 45.4 Å². The highest BCUT2D eigenvalue weighted by atomic mass is 16.1. The molecule has 2 aromatic carbocycles. The Morgan fingerprint density at radius 2 is 1.76 bits per heavy atom. The van der Waals surface area contributed by atoms with Crippen molar-refractivity contribution in [2.24, 2.45) is 0 Å². The smallest absolute Gasteiger partial charge is 0.130 e. The second-order valence-corrected chi connectivity index (χ2v) is 6.48. The first-order valence-electron chi connectivity index (χ1n) is 7.57. The Balaban J connectivity index is 2.27. The molecule has 2 aromatic rings. The summed E-state index contributed by atoms with van der Waals surface area (Å²) in [4.78, 5) is 11.7. The van der Waals surface area contributed by atoms with Crippen molar-refractivity contribution in [2.75, 3.05) is 0 Å². The number of aldehydes is 1. The van der Waals surface area contributed by atoms with Gasteiger partial charge in [0.15, 0.2) is 0 Å². The Bertz CT molecular complexity index is 610. The zero-order valence-electron chi connectivity index (χ0n) is 13.4. The topological polar surface area (TPSA) is 17.1 Å². The lowest BCUT2D eigenvalue weighted by molar-refractivity contribution is -0.112. The summed E-state index contributed by atoms with van der Waals surface area (Å²) in [6, 6.07) is 16.9. The average Bonchev–Trinajstić information content (AvgIpc) is 2.47. The number of aryl methyl sites for hydroxylation is 1. The molecule has 110 valence electrons. The Morgan fingerprint density at radius 1 is 1.10 bits per heavy atom. The molecule has 1 nitrogen and oxygen atoms in total. The maximum atomic E-state index is 11.7. The highest BCUT2D eigenvalue weighted by molar-refractivity contribution is 5.69. The highest BCUT2D eigenvalue weighted by Gasteiger charge is 2.26. The molecule has 0 N–H and O–H groups in total. The van der Waals surface area contributed by atoms with Gasteiger partial charge in [0.05, 0.1) is 5.41 Å². The van der Waals surface area contributed by atoms with Crippen LogP contribution in [0.25, 0.3) is 0 Å². The zero-order valence-corrected chi connectivity index (χ0v) is 13.4. The third-order valence-electron chi connectivity index (χ3n) is 4.16. The van der Waals surface area contributed by atoms with Crippen LogP contribution in [-0.2, 0) is 16.6 Å². The number of carbonyl (C=O) groups is 1. The van der Waals surface area contributed by atoms with E-state index in [1.807, 2.05) is 19.1 Å². The van der Waals surface area contributed by atoms with Gasteiger partial charge in [-0.05, 0) is 42.9 Å². The molecule has 0 spiro atoms. The van der Waals surface area contributed by atoms with E-state index in [-0.39, 0.29) is 0 Å². The van der Waals surface area contributed by atoms with Crippen molar-refractivity contribution in [1.82, 2.24) is 0 Å². The van der Waals surface area contributed by atoms with E-state index in [0.717, 1.165) is 18.3 Å². The van der Waals surface area contributed by atoms with Gasteiger partial charge in [-0.2, -0.15) is 0 Å². The van der Waals surface area contributed by atoms with Crippen molar-refractivity contribution in [3.8, 4) is 0 Å². The van der Waals surface area contributed by atoms with Crippen LogP contribution < -0.4 is 0 Å². The SMILES string of the molecule is Cc1cccc(C(C)(C=O)Cc2ccc(C(C)C)cc2)c1. The number of carbonyl (C=O) groups excluding carboxylic acids is 1. The van der Waals surface area contributed by atoms with E-state index in [4.69, 9.17) is 0 Å². The largest absolute Gasteiger partial charge is 0.302 e. The highest BCUT2D eigenvalue weighted by Crippen LogP contribution is 2.27. The molecule has 1 atom stereocenters. The zero-order chi connectivity index (χ0) is 15.5. The quantitative estimate of drug-likeness (QED) is 0.718. The molecule has 1 heteroatoms. The summed E-state index contributed by atoms with van der Waals surface area (Å²) >= 11 is 0. The maximum absolute atomic E-state index is 11.7. The number of rotatable bonds is 5. The molecule has 0 heterocycles. The van der Waals surface area contributed by atoms with Gasteiger partial charge in [0.2, 0.25) is 0 Å². The maximum Gasteiger partial charge on any atom is 0.130 e. The third-order valence-corrected chi connectivity index (χ3v) is 4.16. The second kappa shape index (κ2) is 6.26. The summed E-state index contributed by atoms with van der Waals surface area (Å²) < 4.78 is 0. The molecule has 0 aliphatic heterocycles. The van der Waals surface area contributed by atoms with E-state index in [9.17, 15) is 4.79 Å². The molecule has 2 rings (SSSR count). The first kappa shape index (κ1) is 15.5. The van der Waals surface area contributed by atoms with Crippen molar-refractivity contribution < 1.29 is 4.79 Å². The van der Waals surface area contributed by atoms with Crippen LogP contribution in [0.15, 0.2) is 48.5 Å². The molecular weight excluding hydrogens is 256 g/mol. The average molecular weight is 280 g/mol. The molecule has 0 amide bonds. The minimum absolute atomic E-state index is 0.467. The molecular formula is C20H24O. The summed E-state index contributed by atoms with van der Waals surface area (Å²) in [6.07, 6.45) is 1.82. The van der Waals surface area contributed by atoms with Gasteiger partial charge in [0, 0.05) is 0 Å². The molecule has 0 fully saturated rings. The van der Waals surface area contributed by atoms with E-state index in [0.29, 0.717) is 5.92 Å². The summed E-state index contributed by atoms with van der Waals surface area (Å²) in [5.74, 6) is 0.535. The fourth-order valence-corrected chi connectivity index (χ4v) is 2.66. The van der Waals surface area contributed by atoms with Gasteiger partial charge in [-0.25, -0.2) is 0 Å². The second-order valence-electron chi connectivity index (χ2n) is 6.48. The first-order chi connectivity index (χ1) is 9.94. The van der Waals surface area contributed by atoms with Gasteiger partial charge in [-0.1, -0.05) is 67.9 Å². The van der Waals surface area contributed by atoms with Crippen LogP contribution in [-0.4, -0.2) is 6.29 Å². The first-order valence-corrected chi connectivity index (χ1v) is 7.57. The summed E-state index contributed by atoms with van der Waals surface area (Å²) in [7, 11) is 0. The van der Waals surface area contributed by atoms with Crippen molar-refractivity contribution in [3.63, 3.8) is 0 Å². The minimum atomic E-state index is -0.467. The van der Waals surface area contributed by atoms with Crippen LogP contribution in [0.2, 0.25) is 0 Å². The molecule has 0 saturated carbocycles.